The van der Waals surface area contributed by atoms with E-state index in [2.05, 4.69) is 11.2 Å². The lowest BCUT2D eigenvalue weighted by Crippen LogP contribution is -1.97. The summed E-state index contributed by atoms with van der Waals surface area (Å²) in [5.74, 6) is -0.298. The molecule has 0 aliphatic carbocycles. The van der Waals surface area contributed by atoms with Crippen molar-refractivity contribution < 1.29 is 4.39 Å². The summed E-state index contributed by atoms with van der Waals surface area (Å²) < 4.78 is 15.7. The number of aromatic nitrogens is 2. The first kappa shape index (κ1) is 13.2. The fourth-order valence-corrected chi connectivity index (χ4v) is 3.62. The molecule has 1 aromatic heterocycles. The maximum atomic E-state index is 12.8. The van der Waals surface area contributed by atoms with E-state index in [-0.39, 0.29) is 11.1 Å². The summed E-state index contributed by atoms with van der Waals surface area (Å²) in [6.07, 6.45) is 0. The van der Waals surface area contributed by atoms with E-state index in [0.29, 0.717) is 9.64 Å². The van der Waals surface area contributed by atoms with E-state index < -0.39 is 0 Å². The lowest BCUT2D eigenvalue weighted by atomic mass is 10.3. The van der Waals surface area contributed by atoms with Gasteiger partial charge in [0.2, 0.25) is 0 Å². The van der Waals surface area contributed by atoms with Crippen molar-refractivity contribution in [2.75, 3.05) is 0 Å². The van der Waals surface area contributed by atoms with Gasteiger partial charge in [-0.25, -0.2) is 9.07 Å². The number of hydrogen-bond donors (Lipinski definition) is 0. The van der Waals surface area contributed by atoms with Gasteiger partial charge in [0.1, 0.15) is 5.82 Å². The zero-order valence-corrected chi connectivity index (χ0v) is 11.8. The van der Waals surface area contributed by atoms with Crippen LogP contribution < -0.4 is 0 Å². The summed E-state index contributed by atoms with van der Waals surface area (Å²) in [5.41, 5.74) is 0.717. The van der Waals surface area contributed by atoms with Gasteiger partial charge in [0, 0.05) is 0 Å². The Kier molecular flexibility index (Phi) is 4.11. The second-order valence-corrected chi connectivity index (χ2v) is 6.62. The molecule has 1 atom stereocenters. The fraction of sp³-hybridized carbons (Fsp3) is 0.182. The van der Waals surface area contributed by atoms with Crippen LogP contribution in [0.15, 0.2) is 28.6 Å². The number of rotatable bonds is 3. The van der Waals surface area contributed by atoms with Gasteiger partial charge in [0.15, 0.2) is 8.29 Å². The van der Waals surface area contributed by atoms with Crippen molar-refractivity contribution in [2.45, 2.75) is 16.5 Å². The highest BCUT2D eigenvalue weighted by Crippen LogP contribution is 2.27. The quantitative estimate of drug-likeness (QED) is 0.638. The standard InChI is InChI=1S/C11H8FN3S3/c1-7(6-13)17-10-14-15(11(16)18-10)9-4-2-8(12)3-5-9/h2-5,7H,1H3/t7-/m0/s1. The highest BCUT2D eigenvalue weighted by molar-refractivity contribution is 8.01. The molecule has 0 saturated heterocycles. The van der Waals surface area contributed by atoms with Gasteiger partial charge in [-0.3, -0.25) is 0 Å². The predicted molar refractivity (Wildman–Crippen MR) is 73.2 cm³/mol. The van der Waals surface area contributed by atoms with Crippen LogP contribution in [0.25, 0.3) is 5.69 Å². The fourth-order valence-electron chi connectivity index (χ4n) is 1.23. The molecule has 2 rings (SSSR count). The summed E-state index contributed by atoms with van der Waals surface area (Å²) in [6, 6.07) is 8.09. The molecule has 1 heterocycles. The van der Waals surface area contributed by atoms with E-state index in [1.165, 1.54) is 35.2 Å². The molecule has 0 spiro atoms. The van der Waals surface area contributed by atoms with Gasteiger partial charge in [-0.05, 0) is 43.4 Å². The number of benzene rings is 1. The van der Waals surface area contributed by atoms with Crippen molar-refractivity contribution in [3.8, 4) is 11.8 Å². The first-order chi connectivity index (χ1) is 8.60. The molecule has 0 radical (unpaired) electrons. The van der Waals surface area contributed by atoms with E-state index in [0.717, 1.165) is 4.34 Å². The Bertz CT molecular complexity index is 639. The van der Waals surface area contributed by atoms with E-state index in [4.69, 9.17) is 17.5 Å². The third kappa shape index (κ3) is 2.96. The largest absolute Gasteiger partial charge is 0.211 e. The monoisotopic (exact) mass is 297 g/mol. The normalized spacial score (nSPS) is 12.1. The zero-order valence-electron chi connectivity index (χ0n) is 9.33. The zero-order chi connectivity index (χ0) is 13.1. The molecule has 7 heteroatoms. The average molecular weight is 297 g/mol. The number of nitrogens with zero attached hydrogens (tertiary/aromatic N) is 3. The number of nitriles is 1. The smallest absolute Gasteiger partial charge is 0.184 e. The Balaban J connectivity index is 2.33. The molecule has 18 heavy (non-hydrogen) atoms. The molecule has 3 nitrogen and oxygen atoms in total. The summed E-state index contributed by atoms with van der Waals surface area (Å²) in [6.45, 7) is 1.80. The highest BCUT2D eigenvalue weighted by atomic mass is 32.2. The summed E-state index contributed by atoms with van der Waals surface area (Å²) >= 11 is 7.91. The Labute approximate surface area is 117 Å². The predicted octanol–water partition coefficient (Wildman–Crippen LogP) is 3.81. The third-order valence-corrected chi connectivity index (χ3v) is 4.37. The third-order valence-electron chi connectivity index (χ3n) is 2.06. The molecule has 0 bridgehead atoms. The van der Waals surface area contributed by atoms with E-state index in [1.54, 1.807) is 23.7 Å². The first-order valence-corrected chi connectivity index (χ1v) is 7.13. The van der Waals surface area contributed by atoms with Crippen LogP contribution in [-0.2, 0) is 0 Å². The highest BCUT2D eigenvalue weighted by Gasteiger charge is 2.10. The van der Waals surface area contributed by atoms with Gasteiger partial charge in [-0.2, -0.15) is 5.26 Å². The number of thioether (sulfide) groups is 1. The molecule has 1 aromatic carbocycles. The van der Waals surface area contributed by atoms with Crippen LogP contribution in [0.4, 0.5) is 4.39 Å². The maximum absolute atomic E-state index is 12.8. The Morgan fingerprint density at radius 2 is 2.17 bits per heavy atom. The van der Waals surface area contributed by atoms with Crippen LogP contribution in [0.5, 0.6) is 0 Å². The molecule has 92 valence electrons. The topological polar surface area (TPSA) is 41.6 Å². The van der Waals surface area contributed by atoms with Crippen LogP contribution in [0.3, 0.4) is 0 Å². The van der Waals surface area contributed by atoms with E-state index in [9.17, 15) is 4.39 Å². The van der Waals surface area contributed by atoms with Crippen LogP contribution >= 0.6 is 35.3 Å². The van der Waals surface area contributed by atoms with Gasteiger partial charge < -0.3 is 0 Å². The summed E-state index contributed by atoms with van der Waals surface area (Å²) in [4.78, 5) is 0. The van der Waals surface area contributed by atoms with Crippen molar-refractivity contribution in [3.05, 3.63) is 34.0 Å². The lowest BCUT2D eigenvalue weighted by Gasteiger charge is -2.00. The van der Waals surface area contributed by atoms with Crippen molar-refractivity contribution in [2.24, 2.45) is 0 Å². The molecule has 0 fully saturated rings. The minimum absolute atomic E-state index is 0.174. The lowest BCUT2D eigenvalue weighted by molar-refractivity contribution is 0.627. The van der Waals surface area contributed by atoms with Crippen molar-refractivity contribution in [1.29, 1.82) is 5.26 Å². The van der Waals surface area contributed by atoms with Crippen molar-refractivity contribution in [3.63, 3.8) is 0 Å². The van der Waals surface area contributed by atoms with E-state index >= 15 is 0 Å². The number of halogens is 1. The number of hydrogen-bond acceptors (Lipinski definition) is 5. The van der Waals surface area contributed by atoms with Gasteiger partial charge in [0.25, 0.3) is 0 Å². The van der Waals surface area contributed by atoms with Crippen molar-refractivity contribution in [1.82, 2.24) is 9.78 Å². The Morgan fingerprint density at radius 3 is 2.78 bits per heavy atom. The van der Waals surface area contributed by atoms with Gasteiger partial charge in [0.05, 0.1) is 17.0 Å². The summed E-state index contributed by atoms with van der Waals surface area (Å²) in [7, 11) is 0. The van der Waals surface area contributed by atoms with Crippen LogP contribution in [0, 0.1) is 21.1 Å². The van der Waals surface area contributed by atoms with Crippen LogP contribution in [0.1, 0.15) is 6.92 Å². The molecule has 0 unspecified atom stereocenters. The second-order valence-electron chi connectivity index (χ2n) is 3.41. The molecule has 0 N–H and O–H groups in total. The molecule has 0 aliphatic heterocycles. The Hall–Kier alpha value is -1.23. The van der Waals surface area contributed by atoms with Crippen molar-refractivity contribution >= 4 is 35.3 Å². The maximum Gasteiger partial charge on any atom is 0.184 e. The van der Waals surface area contributed by atoms with Gasteiger partial charge >= 0.3 is 0 Å². The van der Waals surface area contributed by atoms with Gasteiger partial charge in [-0.15, -0.1) is 5.10 Å². The summed E-state index contributed by atoms with van der Waals surface area (Å²) in [5, 5.41) is 12.9. The molecule has 0 amide bonds. The molecule has 0 aliphatic rings. The Morgan fingerprint density at radius 1 is 1.50 bits per heavy atom. The SMILES string of the molecule is C[C@@H](C#N)Sc1nn(-c2ccc(F)cc2)c(=S)s1. The van der Waals surface area contributed by atoms with Gasteiger partial charge in [-0.1, -0.05) is 23.1 Å². The van der Waals surface area contributed by atoms with Crippen LogP contribution in [0.2, 0.25) is 0 Å². The first-order valence-electron chi connectivity index (χ1n) is 5.02. The van der Waals surface area contributed by atoms with Crippen LogP contribution in [-0.4, -0.2) is 15.0 Å². The van der Waals surface area contributed by atoms with E-state index in [1.807, 2.05) is 0 Å². The minimum Gasteiger partial charge on any atom is -0.211 e. The second kappa shape index (κ2) is 5.61. The molecule has 2 aromatic rings. The molecule has 0 saturated carbocycles. The molecular formula is C11H8FN3S3. The average Bonchev–Trinajstić information content (AvgIpc) is 2.71. The minimum atomic E-state index is -0.298. The molecular weight excluding hydrogens is 289 g/mol.